The Kier molecular flexibility index (Phi) is 9.85. The molecule has 0 aromatic carbocycles. The molecule has 0 aromatic rings. The number of hydrogen-bond acceptors (Lipinski definition) is 4. The van der Waals surface area contributed by atoms with Crippen molar-refractivity contribution >= 4 is 11.9 Å². The standard InChI is InChI=1S/C15H26O4/c1-5-6-7-8-11-18-14(16)9-10-15(17)19-13(4)12(2)3/h6-7,12-13H,5,8-11H2,1-4H3/b7-6+. The van der Waals surface area contributed by atoms with Gasteiger partial charge in [-0.05, 0) is 25.7 Å². The van der Waals surface area contributed by atoms with E-state index in [0.29, 0.717) is 13.0 Å². The molecule has 0 heterocycles. The lowest BCUT2D eigenvalue weighted by Crippen LogP contribution is -2.20. The van der Waals surface area contributed by atoms with E-state index in [9.17, 15) is 9.59 Å². The van der Waals surface area contributed by atoms with Crippen molar-refractivity contribution in [3.63, 3.8) is 0 Å². The lowest BCUT2D eigenvalue weighted by Gasteiger charge is -2.16. The minimum atomic E-state index is -0.348. The summed E-state index contributed by atoms with van der Waals surface area (Å²) in [7, 11) is 0. The van der Waals surface area contributed by atoms with Crippen molar-refractivity contribution in [3.05, 3.63) is 12.2 Å². The van der Waals surface area contributed by atoms with Crippen LogP contribution in [0.25, 0.3) is 0 Å². The first-order chi connectivity index (χ1) is 8.97. The largest absolute Gasteiger partial charge is 0.465 e. The molecule has 1 unspecified atom stereocenters. The van der Waals surface area contributed by atoms with Crippen LogP contribution in [0, 0.1) is 5.92 Å². The monoisotopic (exact) mass is 270 g/mol. The normalized spacial score (nSPS) is 12.7. The zero-order valence-corrected chi connectivity index (χ0v) is 12.5. The van der Waals surface area contributed by atoms with Gasteiger partial charge < -0.3 is 9.47 Å². The summed E-state index contributed by atoms with van der Waals surface area (Å²) in [6.07, 6.45) is 5.75. The van der Waals surface area contributed by atoms with Crippen LogP contribution in [0.15, 0.2) is 12.2 Å². The zero-order valence-electron chi connectivity index (χ0n) is 12.5. The molecule has 0 radical (unpaired) electrons. The fourth-order valence-electron chi connectivity index (χ4n) is 1.20. The first kappa shape index (κ1) is 17.7. The van der Waals surface area contributed by atoms with Gasteiger partial charge in [-0.1, -0.05) is 32.9 Å². The third-order valence-electron chi connectivity index (χ3n) is 2.74. The smallest absolute Gasteiger partial charge is 0.306 e. The van der Waals surface area contributed by atoms with Crippen molar-refractivity contribution in [2.75, 3.05) is 6.61 Å². The highest BCUT2D eigenvalue weighted by molar-refractivity contribution is 5.77. The molecule has 4 nitrogen and oxygen atoms in total. The number of ether oxygens (including phenoxy) is 2. The fraction of sp³-hybridized carbons (Fsp3) is 0.733. The molecule has 0 N–H and O–H groups in total. The van der Waals surface area contributed by atoms with E-state index in [1.807, 2.05) is 39.8 Å². The van der Waals surface area contributed by atoms with Crippen molar-refractivity contribution in [1.29, 1.82) is 0 Å². The number of carbonyl (C=O) groups excluding carboxylic acids is 2. The summed E-state index contributed by atoms with van der Waals surface area (Å²) in [5.74, 6) is -0.413. The van der Waals surface area contributed by atoms with E-state index in [1.54, 1.807) is 0 Å². The lowest BCUT2D eigenvalue weighted by atomic mass is 10.1. The molecule has 0 aromatic heterocycles. The van der Waals surface area contributed by atoms with Gasteiger partial charge in [-0.2, -0.15) is 0 Å². The Morgan fingerprint density at radius 1 is 1.05 bits per heavy atom. The van der Waals surface area contributed by atoms with Crippen LogP contribution < -0.4 is 0 Å². The van der Waals surface area contributed by atoms with Gasteiger partial charge >= 0.3 is 11.9 Å². The van der Waals surface area contributed by atoms with Crippen molar-refractivity contribution < 1.29 is 19.1 Å². The molecule has 0 aliphatic rings. The Labute approximate surface area is 116 Å². The molecule has 0 spiro atoms. The first-order valence-electron chi connectivity index (χ1n) is 6.97. The van der Waals surface area contributed by atoms with Crippen LogP contribution in [-0.2, 0) is 19.1 Å². The molecule has 0 bridgehead atoms. The molecule has 0 fully saturated rings. The Morgan fingerprint density at radius 2 is 1.68 bits per heavy atom. The maximum Gasteiger partial charge on any atom is 0.306 e. The summed E-state index contributed by atoms with van der Waals surface area (Å²) in [6, 6.07) is 0. The number of allylic oxidation sites excluding steroid dienone is 1. The molecular formula is C15H26O4. The van der Waals surface area contributed by atoms with Crippen LogP contribution in [0.1, 0.15) is 53.4 Å². The maximum atomic E-state index is 11.4. The summed E-state index contributed by atoms with van der Waals surface area (Å²) in [5, 5.41) is 0. The van der Waals surface area contributed by atoms with Crippen LogP contribution in [0.5, 0.6) is 0 Å². The van der Waals surface area contributed by atoms with E-state index in [-0.39, 0.29) is 36.8 Å². The molecular weight excluding hydrogens is 244 g/mol. The molecule has 4 heteroatoms. The van der Waals surface area contributed by atoms with Gasteiger partial charge in [0.25, 0.3) is 0 Å². The minimum absolute atomic E-state index is 0.0840. The van der Waals surface area contributed by atoms with Gasteiger partial charge in [-0.3, -0.25) is 9.59 Å². The molecule has 0 saturated carbocycles. The quantitative estimate of drug-likeness (QED) is 0.366. The van der Waals surface area contributed by atoms with Crippen LogP contribution in [0.2, 0.25) is 0 Å². The van der Waals surface area contributed by atoms with Gasteiger partial charge in [-0.25, -0.2) is 0 Å². The molecule has 19 heavy (non-hydrogen) atoms. The van der Waals surface area contributed by atoms with Gasteiger partial charge in [-0.15, -0.1) is 0 Å². The highest BCUT2D eigenvalue weighted by Gasteiger charge is 2.14. The fourth-order valence-corrected chi connectivity index (χ4v) is 1.20. The summed E-state index contributed by atoms with van der Waals surface area (Å²) < 4.78 is 10.2. The van der Waals surface area contributed by atoms with Crippen molar-refractivity contribution in [2.45, 2.75) is 59.5 Å². The SMILES string of the molecule is CC/C=C/CCOC(=O)CCC(=O)OC(C)C(C)C. The topological polar surface area (TPSA) is 52.6 Å². The van der Waals surface area contributed by atoms with Crippen LogP contribution in [0.3, 0.4) is 0 Å². The van der Waals surface area contributed by atoms with E-state index in [1.165, 1.54) is 0 Å². The third-order valence-corrected chi connectivity index (χ3v) is 2.74. The molecule has 0 rings (SSSR count). The molecule has 110 valence electrons. The summed E-state index contributed by atoms with van der Waals surface area (Å²) in [5.41, 5.74) is 0. The van der Waals surface area contributed by atoms with Crippen LogP contribution in [0.4, 0.5) is 0 Å². The first-order valence-corrected chi connectivity index (χ1v) is 6.97. The van der Waals surface area contributed by atoms with Gasteiger partial charge in [0.1, 0.15) is 6.10 Å². The third kappa shape index (κ3) is 10.3. The highest BCUT2D eigenvalue weighted by atomic mass is 16.5. The lowest BCUT2D eigenvalue weighted by molar-refractivity contribution is -0.154. The van der Waals surface area contributed by atoms with Crippen LogP contribution in [-0.4, -0.2) is 24.6 Å². The molecule has 0 aliphatic carbocycles. The zero-order chi connectivity index (χ0) is 14.7. The van der Waals surface area contributed by atoms with Crippen LogP contribution >= 0.6 is 0 Å². The van der Waals surface area contributed by atoms with Gasteiger partial charge in [0.05, 0.1) is 19.4 Å². The van der Waals surface area contributed by atoms with Gasteiger partial charge in [0.2, 0.25) is 0 Å². The van der Waals surface area contributed by atoms with E-state index in [4.69, 9.17) is 9.47 Å². The number of carbonyl (C=O) groups is 2. The van der Waals surface area contributed by atoms with E-state index < -0.39 is 0 Å². The Balaban J connectivity index is 3.67. The Morgan fingerprint density at radius 3 is 2.26 bits per heavy atom. The second-order valence-electron chi connectivity index (χ2n) is 4.83. The molecule has 0 saturated heterocycles. The van der Waals surface area contributed by atoms with Crippen molar-refractivity contribution in [2.24, 2.45) is 5.92 Å². The van der Waals surface area contributed by atoms with E-state index in [0.717, 1.165) is 6.42 Å². The van der Waals surface area contributed by atoms with E-state index in [2.05, 4.69) is 0 Å². The number of esters is 2. The number of rotatable bonds is 9. The minimum Gasteiger partial charge on any atom is -0.465 e. The average molecular weight is 270 g/mol. The summed E-state index contributed by atoms with van der Waals surface area (Å²) in [6.45, 7) is 8.23. The maximum absolute atomic E-state index is 11.4. The predicted octanol–water partition coefficient (Wildman–Crippen LogP) is 3.25. The summed E-state index contributed by atoms with van der Waals surface area (Å²) in [4.78, 5) is 22.8. The van der Waals surface area contributed by atoms with Gasteiger partial charge in [0, 0.05) is 0 Å². The Hall–Kier alpha value is -1.32. The summed E-state index contributed by atoms with van der Waals surface area (Å²) >= 11 is 0. The van der Waals surface area contributed by atoms with Crippen molar-refractivity contribution in [3.8, 4) is 0 Å². The van der Waals surface area contributed by atoms with Crippen molar-refractivity contribution in [1.82, 2.24) is 0 Å². The predicted molar refractivity (Wildman–Crippen MR) is 74.6 cm³/mol. The highest BCUT2D eigenvalue weighted by Crippen LogP contribution is 2.07. The molecule has 0 amide bonds. The molecule has 1 atom stereocenters. The van der Waals surface area contributed by atoms with Gasteiger partial charge in [0.15, 0.2) is 0 Å². The second kappa shape index (κ2) is 10.6. The van der Waals surface area contributed by atoms with E-state index >= 15 is 0 Å². The number of hydrogen-bond donors (Lipinski definition) is 0. The average Bonchev–Trinajstić information content (AvgIpc) is 2.36. The second-order valence-corrected chi connectivity index (χ2v) is 4.83. The Bertz CT molecular complexity index is 295. The molecule has 0 aliphatic heterocycles.